The molecule has 29 heavy (non-hydrogen) atoms. The van der Waals surface area contributed by atoms with Crippen LogP contribution in [0.4, 0.5) is 8.78 Å². The molecule has 150 valence electrons. The fourth-order valence-corrected chi connectivity index (χ4v) is 3.74. The van der Waals surface area contributed by atoms with E-state index in [9.17, 15) is 13.6 Å². The summed E-state index contributed by atoms with van der Waals surface area (Å²) < 4.78 is 35.8. The SMILES string of the molecule is CC1N(C(=O)c2ccc(Cl)cc2)CO[C@@]1(Cn1cncn1)c1ccc(F)cc1F. The summed E-state index contributed by atoms with van der Waals surface area (Å²) in [4.78, 5) is 18.5. The minimum Gasteiger partial charge on any atom is -0.346 e. The molecule has 0 spiro atoms. The van der Waals surface area contributed by atoms with Crippen LogP contribution in [-0.2, 0) is 16.9 Å². The lowest BCUT2D eigenvalue weighted by Crippen LogP contribution is -2.46. The standard InChI is InChI=1S/C20H17ClF2N4O2/c1-13-20(9-26-11-24-10-25-26,17-7-6-16(22)8-18(17)23)29-12-27(13)19(28)14-2-4-15(21)5-3-14/h2-8,10-11,13H,9,12H2,1H3/t13?,20-/m1/s1. The monoisotopic (exact) mass is 418 g/mol. The molecule has 2 heterocycles. The molecule has 1 fully saturated rings. The van der Waals surface area contributed by atoms with Crippen molar-refractivity contribution in [2.45, 2.75) is 25.1 Å². The summed E-state index contributed by atoms with van der Waals surface area (Å²) in [5.74, 6) is -1.73. The van der Waals surface area contributed by atoms with Crippen LogP contribution in [0.1, 0.15) is 22.8 Å². The van der Waals surface area contributed by atoms with Gasteiger partial charge in [0.05, 0.1) is 12.6 Å². The van der Waals surface area contributed by atoms with Gasteiger partial charge in [-0.1, -0.05) is 17.7 Å². The van der Waals surface area contributed by atoms with Crippen LogP contribution in [0.2, 0.25) is 5.02 Å². The molecule has 1 aliphatic rings. The molecule has 0 aliphatic carbocycles. The van der Waals surface area contributed by atoms with Crippen LogP contribution in [0.25, 0.3) is 0 Å². The van der Waals surface area contributed by atoms with E-state index >= 15 is 0 Å². The van der Waals surface area contributed by atoms with Crippen molar-refractivity contribution in [2.75, 3.05) is 6.73 Å². The molecule has 1 saturated heterocycles. The number of carbonyl (C=O) groups excluding carboxylic acids is 1. The molecule has 2 aromatic carbocycles. The minimum absolute atomic E-state index is 0.0614. The Bertz CT molecular complexity index is 1030. The summed E-state index contributed by atoms with van der Waals surface area (Å²) in [5.41, 5.74) is -0.692. The fourth-order valence-electron chi connectivity index (χ4n) is 3.62. The first-order chi connectivity index (χ1) is 13.9. The summed E-state index contributed by atoms with van der Waals surface area (Å²) in [6.45, 7) is 1.80. The van der Waals surface area contributed by atoms with Crippen LogP contribution in [0.15, 0.2) is 55.1 Å². The molecule has 1 aromatic heterocycles. The lowest BCUT2D eigenvalue weighted by Gasteiger charge is -2.34. The number of halogens is 3. The molecule has 0 radical (unpaired) electrons. The van der Waals surface area contributed by atoms with E-state index in [0.717, 1.165) is 6.07 Å². The van der Waals surface area contributed by atoms with E-state index in [1.807, 2.05) is 0 Å². The Balaban J connectivity index is 1.73. The average Bonchev–Trinajstić information content (AvgIpc) is 3.31. The van der Waals surface area contributed by atoms with Gasteiger partial charge in [-0.15, -0.1) is 0 Å². The zero-order chi connectivity index (χ0) is 20.6. The van der Waals surface area contributed by atoms with Gasteiger partial charge < -0.3 is 9.64 Å². The van der Waals surface area contributed by atoms with Gasteiger partial charge in [0.1, 0.15) is 36.6 Å². The second-order valence-corrected chi connectivity index (χ2v) is 7.27. The van der Waals surface area contributed by atoms with Crippen LogP contribution in [0, 0.1) is 11.6 Å². The Morgan fingerprint density at radius 3 is 2.69 bits per heavy atom. The molecule has 2 atom stereocenters. The van der Waals surface area contributed by atoms with Gasteiger partial charge in [-0.2, -0.15) is 5.10 Å². The molecule has 1 amide bonds. The average molecular weight is 419 g/mol. The van der Waals surface area contributed by atoms with Crippen molar-refractivity contribution in [2.24, 2.45) is 0 Å². The Morgan fingerprint density at radius 2 is 2.03 bits per heavy atom. The van der Waals surface area contributed by atoms with Crippen LogP contribution in [-0.4, -0.2) is 38.3 Å². The molecular weight excluding hydrogens is 402 g/mol. The molecular formula is C20H17ClF2N4O2. The van der Waals surface area contributed by atoms with Crippen molar-refractivity contribution < 1.29 is 18.3 Å². The van der Waals surface area contributed by atoms with Crippen LogP contribution in [0.3, 0.4) is 0 Å². The molecule has 4 rings (SSSR count). The summed E-state index contributed by atoms with van der Waals surface area (Å²) in [5, 5.41) is 4.60. The summed E-state index contributed by atoms with van der Waals surface area (Å²) in [6, 6.07) is 9.22. The number of hydrogen-bond acceptors (Lipinski definition) is 4. The Morgan fingerprint density at radius 1 is 1.28 bits per heavy atom. The number of rotatable bonds is 4. The molecule has 9 heteroatoms. The van der Waals surface area contributed by atoms with Crippen LogP contribution >= 0.6 is 11.6 Å². The van der Waals surface area contributed by atoms with E-state index in [4.69, 9.17) is 16.3 Å². The van der Waals surface area contributed by atoms with E-state index in [1.54, 1.807) is 31.2 Å². The summed E-state index contributed by atoms with van der Waals surface area (Å²) >= 11 is 5.90. The topological polar surface area (TPSA) is 60.2 Å². The highest BCUT2D eigenvalue weighted by molar-refractivity contribution is 6.30. The van der Waals surface area contributed by atoms with Gasteiger partial charge in [-0.25, -0.2) is 18.4 Å². The second kappa shape index (κ2) is 7.53. The lowest BCUT2D eigenvalue weighted by molar-refractivity contribution is -0.0274. The van der Waals surface area contributed by atoms with Crippen molar-refractivity contribution in [1.29, 1.82) is 0 Å². The minimum atomic E-state index is -1.27. The third-order valence-electron chi connectivity index (χ3n) is 5.21. The van der Waals surface area contributed by atoms with Gasteiger partial charge in [-0.3, -0.25) is 4.79 Å². The first kappa shape index (κ1) is 19.5. The lowest BCUT2D eigenvalue weighted by atomic mass is 9.86. The zero-order valence-corrected chi connectivity index (χ0v) is 16.2. The van der Waals surface area contributed by atoms with Gasteiger partial charge in [0.2, 0.25) is 0 Å². The molecule has 6 nitrogen and oxygen atoms in total. The largest absolute Gasteiger partial charge is 0.346 e. The maximum atomic E-state index is 14.8. The first-order valence-electron chi connectivity index (χ1n) is 8.89. The predicted molar refractivity (Wildman–Crippen MR) is 101 cm³/mol. The van der Waals surface area contributed by atoms with Crippen LogP contribution in [0.5, 0.6) is 0 Å². The molecule has 1 unspecified atom stereocenters. The van der Waals surface area contributed by atoms with E-state index < -0.39 is 23.3 Å². The highest BCUT2D eigenvalue weighted by atomic mass is 35.5. The Kier molecular flexibility index (Phi) is 5.06. The van der Waals surface area contributed by atoms with Crippen molar-refractivity contribution in [3.8, 4) is 0 Å². The number of amides is 1. The number of hydrogen-bond donors (Lipinski definition) is 0. The molecule has 0 N–H and O–H groups in total. The van der Waals surface area contributed by atoms with E-state index in [-0.39, 0.29) is 24.7 Å². The van der Waals surface area contributed by atoms with Gasteiger partial charge in [0, 0.05) is 22.2 Å². The van der Waals surface area contributed by atoms with E-state index in [1.165, 1.54) is 34.4 Å². The van der Waals surface area contributed by atoms with Gasteiger partial charge >= 0.3 is 0 Å². The molecule has 0 saturated carbocycles. The summed E-state index contributed by atoms with van der Waals surface area (Å²) in [7, 11) is 0. The zero-order valence-electron chi connectivity index (χ0n) is 15.4. The number of benzene rings is 2. The predicted octanol–water partition coefficient (Wildman–Crippen LogP) is 3.62. The number of carbonyl (C=O) groups is 1. The third kappa shape index (κ3) is 3.49. The van der Waals surface area contributed by atoms with Crippen LogP contribution < -0.4 is 0 Å². The highest BCUT2D eigenvalue weighted by Gasteiger charge is 2.51. The van der Waals surface area contributed by atoms with Crippen molar-refractivity contribution in [3.63, 3.8) is 0 Å². The van der Waals surface area contributed by atoms with Crippen molar-refractivity contribution in [1.82, 2.24) is 19.7 Å². The van der Waals surface area contributed by atoms with Gasteiger partial charge in [0.15, 0.2) is 0 Å². The Hall–Kier alpha value is -2.84. The van der Waals surface area contributed by atoms with Crippen molar-refractivity contribution in [3.05, 3.63) is 82.9 Å². The maximum absolute atomic E-state index is 14.8. The number of ether oxygens (including phenoxy) is 1. The fraction of sp³-hybridized carbons (Fsp3) is 0.250. The smallest absolute Gasteiger partial charge is 0.256 e. The maximum Gasteiger partial charge on any atom is 0.256 e. The van der Waals surface area contributed by atoms with E-state index in [2.05, 4.69) is 10.1 Å². The number of nitrogens with zero attached hydrogens (tertiary/aromatic N) is 4. The molecule has 0 bridgehead atoms. The summed E-state index contributed by atoms with van der Waals surface area (Å²) in [6.07, 6.45) is 2.83. The second-order valence-electron chi connectivity index (χ2n) is 6.84. The first-order valence-corrected chi connectivity index (χ1v) is 9.27. The van der Waals surface area contributed by atoms with Gasteiger partial charge in [0.25, 0.3) is 5.91 Å². The number of aromatic nitrogens is 3. The molecule has 3 aromatic rings. The quantitative estimate of drug-likeness (QED) is 0.649. The highest BCUT2D eigenvalue weighted by Crippen LogP contribution is 2.41. The van der Waals surface area contributed by atoms with E-state index in [0.29, 0.717) is 10.6 Å². The van der Waals surface area contributed by atoms with Crippen molar-refractivity contribution >= 4 is 17.5 Å². The normalized spacial score (nSPS) is 21.5. The van der Waals surface area contributed by atoms with Gasteiger partial charge in [-0.05, 0) is 37.3 Å². The molecule has 1 aliphatic heterocycles. The Labute approximate surface area is 170 Å². The third-order valence-corrected chi connectivity index (χ3v) is 5.46.